The lowest BCUT2D eigenvalue weighted by Gasteiger charge is -2.58. The monoisotopic (exact) mass is 414 g/mol. The average molecular weight is 415 g/mol. The van der Waals surface area contributed by atoms with Crippen molar-refractivity contribution in [3.05, 3.63) is 11.6 Å². The molecule has 0 aromatic rings. The first-order valence-corrected chi connectivity index (χ1v) is 13.2. The zero-order valence-electron chi connectivity index (χ0n) is 20.3. The fraction of sp³-hybridized carbons (Fsp3) is 0.929. The zero-order chi connectivity index (χ0) is 21.4. The molecule has 2 nitrogen and oxygen atoms in total. The van der Waals surface area contributed by atoms with Crippen LogP contribution in [0.5, 0.6) is 0 Å². The van der Waals surface area contributed by atoms with Crippen molar-refractivity contribution in [2.24, 2.45) is 34.5 Å². The van der Waals surface area contributed by atoms with Crippen LogP contribution in [0.15, 0.2) is 11.6 Å². The molecular weight excluding hydrogens is 368 g/mol. The molecule has 0 radical (unpaired) electrons. The molecule has 5 aliphatic rings. The lowest BCUT2D eigenvalue weighted by molar-refractivity contribution is -0.0510. The second kappa shape index (κ2) is 7.08. The topological polar surface area (TPSA) is 32.8 Å². The number of ether oxygens (including phenoxy) is 1. The van der Waals surface area contributed by atoms with Gasteiger partial charge in [-0.2, -0.15) is 0 Å². The Hall–Kier alpha value is -0.340. The molecule has 0 amide bonds. The van der Waals surface area contributed by atoms with Crippen molar-refractivity contribution in [3.63, 3.8) is 0 Å². The quantitative estimate of drug-likeness (QED) is 0.386. The van der Waals surface area contributed by atoms with E-state index in [4.69, 9.17) is 4.74 Å². The maximum Gasteiger partial charge on any atom is 0.0971 e. The van der Waals surface area contributed by atoms with E-state index in [-0.39, 0.29) is 17.3 Å². The first kappa shape index (κ1) is 21.5. The van der Waals surface area contributed by atoms with Gasteiger partial charge in [-0.15, -0.1) is 0 Å². The molecule has 170 valence electrons. The van der Waals surface area contributed by atoms with Crippen molar-refractivity contribution in [2.75, 3.05) is 0 Å². The van der Waals surface area contributed by atoms with Crippen LogP contribution < -0.4 is 0 Å². The Morgan fingerprint density at radius 1 is 1.03 bits per heavy atom. The zero-order valence-corrected chi connectivity index (χ0v) is 20.3. The third-order valence-electron chi connectivity index (χ3n) is 11.5. The number of hydrogen-bond acceptors (Lipinski definition) is 2. The second-order valence-corrected chi connectivity index (χ2v) is 12.8. The predicted octanol–water partition coefficient (Wildman–Crippen LogP) is 7.05. The summed E-state index contributed by atoms with van der Waals surface area (Å²) < 4.78 is 6.15. The van der Waals surface area contributed by atoms with Crippen LogP contribution in [0.1, 0.15) is 112 Å². The van der Waals surface area contributed by atoms with Gasteiger partial charge in [-0.05, 0) is 119 Å². The Morgan fingerprint density at radius 3 is 2.50 bits per heavy atom. The number of hydrogen-bond donors (Lipinski definition) is 1. The summed E-state index contributed by atoms with van der Waals surface area (Å²) in [6.07, 6.45) is 17.9. The van der Waals surface area contributed by atoms with Gasteiger partial charge in [0.2, 0.25) is 0 Å². The van der Waals surface area contributed by atoms with Gasteiger partial charge in [0.1, 0.15) is 0 Å². The number of rotatable bonds is 5. The number of aliphatic hydroxyl groups is 1. The van der Waals surface area contributed by atoms with Gasteiger partial charge in [0.05, 0.1) is 17.3 Å². The SMILES string of the molecule is CC[C@]1(CCC[C@H]2CCC3C4CC=C5C[C@@H](O)CC[C@]5(C)C4CC[C@@]32C)OC1(C)C. The van der Waals surface area contributed by atoms with Crippen LogP contribution in [-0.4, -0.2) is 22.4 Å². The molecule has 1 aliphatic heterocycles. The van der Waals surface area contributed by atoms with Crippen LogP contribution in [0.4, 0.5) is 0 Å². The summed E-state index contributed by atoms with van der Waals surface area (Å²) in [5, 5.41) is 10.2. The molecule has 0 aromatic carbocycles. The van der Waals surface area contributed by atoms with Gasteiger partial charge in [-0.3, -0.25) is 0 Å². The largest absolute Gasteiger partial charge is 0.393 e. The van der Waals surface area contributed by atoms with Gasteiger partial charge in [-0.25, -0.2) is 0 Å². The molecule has 1 N–H and O–H groups in total. The number of fused-ring (bicyclic) bond motifs is 5. The molecule has 3 unspecified atom stereocenters. The molecule has 0 aromatic heterocycles. The fourth-order valence-corrected chi connectivity index (χ4v) is 9.35. The summed E-state index contributed by atoms with van der Waals surface area (Å²) in [4.78, 5) is 0. The van der Waals surface area contributed by atoms with Crippen LogP contribution in [-0.2, 0) is 4.74 Å². The third-order valence-corrected chi connectivity index (χ3v) is 11.5. The summed E-state index contributed by atoms with van der Waals surface area (Å²) in [5.74, 6) is 3.61. The molecule has 0 bridgehead atoms. The Bertz CT molecular complexity index is 709. The molecule has 0 spiro atoms. The summed E-state index contributed by atoms with van der Waals surface area (Å²) in [6, 6.07) is 0. The van der Waals surface area contributed by atoms with E-state index in [2.05, 4.69) is 40.7 Å². The lowest BCUT2D eigenvalue weighted by Crippen LogP contribution is -2.50. The summed E-state index contributed by atoms with van der Waals surface area (Å²) in [5.41, 5.74) is 2.84. The molecule has 1 heterocycles. The minimum absolute atomic E-state index is 0.0857. The third kappa shape index (κ3) is 3.02. The highest BCUT2D eigenvalue weighted by atomic mass is 16.6. The minimum Gasteiger partial charge on any atom is -0.393 e. The van der Waals surface area contributed by atoms with E-state index < -0.39 is 0 Å². The molecule has 4 fully saturated rings. The first-order valence-electron chi connectivity index (χ1n) is 13.2. The lowest BCUT2D eigenvalue weighted by atomic mass is 9.47. The van der Waals surface area contributed by atoms with Crippen LogP contribution in [0.25, 0.3) is 0 Å². The molecule has 8 atom stereocenters. The van der Waals surface area contributed by atoms with E-state index in [1.54, 1.807) is 5.57 Å². The van der Waals surface area contributed by atoms with Crippen molar-refractivity contribution >= 4 is 0 Å². The summed E-state index contributed by atoms with van der Waals surface area (Å²) in [7, 11) is 0. The Labute approximate surface area is 185 Å². The highest BCUT2D eigenvalue weighted by Gasteiger charge is 2.62. The van der Waals surface area contributed by atoms with Gasteiger partial charge < -0.3 is 9.84 Å². The summed E-state index contributed by atoms with van der Waals surface area (Å²) >= 11 is 0. The smallest absolute Gasteiger partial charge is 0.0971 e. The van der Waals surface area contributed by atoms with Crippen molar-refractivity contribution < 1.29 is 9.84 Å². The Balaban J connectivity index is 1.27. The van der Waals surface area contributed by atoms with Crippen molar-refractivity contribution in [2.45, 2.75) is 129 Å². The Kier molecular flexibility index (Phi) is 5.07. The first-order chi connectivity index (χ1) is 14.2. The van der Waals surface area contributed by atoms with Crippen LogP contribution >= 0.6 is 0 Å². The Morgan fingerprint density at radius 2 is 1.80 bits per heavy atom. The molecule has 2 heteroatoms. The maximum absolute atomic E-state index is 10.2. The van der Waals surface area contributed by atoms with Gasteiger partial charge >= 0.3 is 0 Å². The molecule has 4 aliphatic carbocycles. The van der Waals surface area contributed by atoms with Gasteiger partial charge in [0, 0.05) is 0 Å². The van der Waals surface area contributed by atoms with Crippen molar-refractivity contribution in [1.82, 2.24) is 0 Å². The molecule has 5 rings (SSSR count). The van der Waals surface area contributed by atoms with Crippen molar-refractivity contribution in [3.8, 4) is 0 Å². The highest BCUT2D eigenvalue weighted by molar-refractivity contribution is 5.25. The second-order valence-electron chi connectivity index (χ2n) is 12.8. The van der Waals surface area contributed by atoms with Crippen molar-refractivity contribution in [1.29, 1.82) is 0 Å². The number of aliphatic hydroxyl groups excluding tert-OH is 1. The average Bonchev–Trinajstić information content (AvgIpc) is 3.09. The van der Waals surface area contributed by atoms with Crippen LogP contribution in [0, 0.1) is 34.5 Å². The molecule has 30 heavy (non-hydrogen) atoms. The summed E-state index contributed by atoms with van der Waals surface area (Å²) in [6.45, 7) is 12.1. The molecule has 1 saturated heterocycles. The highest BCUT2D eigenvalue weighted by Crippen LogP contribution is 2.67. The minimum atomic E-state index is -0.0857. The molecule has 3 saturated carbocycles. The van der Waals surface area contributed by atoms with E-state index in [0.29, 0.717) is 10.8 Å². The van der Waals surface area contributed by atoms with E-state index in [1.807, 2.05) is 0 Å². The predicted molar refractivity (Wildman–Crippen MR) is 123 cm³/mol. The van der Waals surface area contributed by atoms with E-state index in [1.165, 1.54) is 57.8 Å². The maximum atomic E-state index is 10.2. The van der Waals surface area contributed by atoms with Gasteiger partial charge in [0.15, 0.2) is 0 Å². The van der Waals surface area contributed by atoms with Crippen LogP contribution in [0.3, 0.4) is 0 Å². The normalized spacial score (nSPS) is 51.5. The standard InChI is InChI=1S/C28H46O2/c1-6-28(25(2,3)30-28)15-7-8-19-10-12-23-22-11-9-20-18-21(29)13-16-27(20,5)24(22)14-17-26(19,23)4/h9,19,21-24,29H,6-8,10-18H2,1-5H3/t19-,21-,22?,23?,24?,26+,27-,28+/m0/s1. The number of epoxide rings is 1. The van der Waals surface area contributed by atoms with Gasteiger partial charge in [0.25, 0.3) is 0 Å². The van der Waals surface area contributed by atoms with Gasteiger partial charge in [-0.1, -0.05) is 38.8 Å². The van der Waals surface area contributed by atoms with E-state index in [0.717, 1.165) is 42.9 Å². The number of allylic oxidation sites excluding steroid dienone is 1. The van der Waals surface area contributed by atoms with E-state index in [9.17, 15) is 5.11 Å². The molecular formula is C28H46O2. The van der Waals surface area contributed by atoms with Crippen LogP contribution in [0.2, 0.25) is 0 Å². The fourth-order valence-electron chi connectivity index (χ4n) is 9.35. The van der Waals surface area contributed by atoms with E-state index >= 15 is 0 Å².